The number of nitrogens with one attached hydrogen (secondary N) is 1. The molecule has 1 aliphatic rings. The van der Waals surface area contributed by atoms with Crippen LogP contribution in [0.3, 0.4) is 0 Å². The van der Waals surface area contributed by atoms with Crippen molar-refractivity contribution in [2.75, 3.05) is 13.1 Å². The van der Waals surface area contributed by atoms with Crippen LogP contribution in [0, 0.1) is 5.82 Å². The van der Waals surface area contributed by atoms with Crippen molar-refractivity contribution in [1.29, 1.82) is 0 Å². The van der Waals surface area contributed by atoms with Gasteiger partial charge in [-0.25, -0.2) is 17.5 Å². The van der Waals surface area contributed by atoms with E-state index in [-0.39, 0.29) is 10.9 Å². The van der Waals surface area contributed by atoms with Crippen LogP contribution < -0.4 is 4.72 Å². The van der Waals surface area contributed by atoms with Crippen LogP contribution in [0.25, 0.3) is 0 Å². The number of piperidine rings is 1. The molecular formula is C19H20F4N2O2S. The highest BCUT2D eigenvalue weighted by Crippen LogP contribution is 2.30. The zero-order valence-corrected chi connectivity index (χ0v) is 15.7. The maximum absolute atomic E-state index is 13.8. The smallest absolute Gasteiger partial charge is 0.299 e. The molecule has 0 unspecified atom stereocenters. The molecule has 152 valence electrons. The van der Waals surface area contributed by atoms with Crippen molar-refractivity contribution >= 4 is 10.0 Å². The molecule has 1 saturated heterocycles. The standard InChI is InChI=1S/C19H20F4N2O2S/c20-17-6-1-2-7-18(17)28(26,27)24-16-8-10-25(11-9-16)13-14-4-3-5-15(12-14)19(21,22)23/h1-7,12,16,24H,8-11,13H2. The first-order valence-electron chi connectivity index (χ1n) is 8.80. The molecule has 1 aliphatic heterocycles. The fourth-order valence-corrected chi connectivity index (χ4v) is 4.64. The summed E-state index contributed by atoms with van der Waals surface area (Å²) >= 11 is 0. The number of hydrogen-bond acceptors (Lipinski definition) is 3. The summed E-state index contributed by atoms with van der Waals surface area (Å²) in [6.07, 6.45) is -3.40. The molecule has 2 aromatic rings. The van der Waals surface area contributed by atoms with E-state index in [1.165, 1.54) is 24.3 Å². The summed E-state index contributed by atoms with van der Waals surface area (Å²) in [5, 5.41) is 0. The van der Waals surface area contributed by atoms with Crippen molar-refractivity contribution in [3.05, 3.63) is 65.5 Å². The summed E-state index contributed by atoms with van der Waals surface area (Å²) in [5.41, 5.74) is -0.127. The van der Waals surface area contributed by atoms with E-state index in [0.717, 1.165) is 18.2 Å². The van der Waals surface area contributed by atoms with Gasteiger partial charge >= 0.3 is 6.18 Å². The fourth-order valence-electron chi connectivity index (χ4n) is 3.26. The molecule has 0 spiro atoms. The summed E-state index contributed by atoms with van der Waals surface area (Å²) in [5.74, 6) is -0.808. The van der Waals surface area contributed by atoms with Gasteiger partial charge in [-0.05, 0) is 36.6 Å². The van der Waals surface area contributed by atoms with Crippen molar-refractivity contribution in [2.24, 2.45) is 0 Å². The first-order chi connectivity index (χ1) is 13.1. The average molecular weight is 416 g/mol. The van der Waals surface area contributed by atoms with Crippen molar-refractivity contribution in [1.82, 2.24) is 9.62 Å². The first kappa shape index (κ1) is 20.8. The molecule has 0 aliphatic carbocycles. The Morgan fingerprint density at radius 1 is 1.04 bits per heavy atom. The van der Waals surface area contributed by atoms with E-state index in [1.807, 2.05) is 4.90 Å². The second kappa shape index (κ2) is 8.18. The van der Waals surface area contributed by atoms with Crippen LogP contribution in [-0.2, 0) is 22.7 Å². The van der Waals surface area contributed by atoms with Crippen molar-refractivity contribution in [3.8, 4) is 0 Å². The molecule has 1 heterocycles. The third-order valence-corrected chi connectivity index (χ3v) is 6.25. The number of likely N-dealkylation sites (tertiary alicyclic amines) is 1. The third-order valence-electron chi connectivity index (χ3n) is 4.70. The molecule has 0 saturated carbocycles. The van der Waals surface area contributed by atoms with E-state index >= 15 is 0 Å². The van der Waals surface area contributed by atoms with Gasteiger partial charge in [0.2, 0.25) is 10.0 Å². The molecule has 1 fully saturated rings. The molecule has 0 atom stereocenters. The van der Waals surface area contributed by atoms with Gasteiger partial charge in [0, 0.05) is 25.7 Å². The molecule has 1 N–H and O–H groups in total. The lowest BCUT2D eigenvalue weighted by Crippen LogP contribution is -2.44. The lowest BCUT2D eigenvalue weighted by atomic mass is 10.0. The fraction of sp³-hybridized carbons (Fsp3) is 0.368. The highest BCUT2D eigenvalue weighted by molar-refractivity contribution is 7.89. The quantitative estimate of drug-likeness (QED) is 0.755. The van der Waals surface area contributed by atoms with Gasteiger partial charge in [0.25, 0.3) is 0 Å². The van der Waals surface area contributed by atoms with Gasteiger partial charge in [-0.2, -0.15) is 13.2 Å². The molecule has 0 radical (unpaired) electrons. The van der Waals surface area contributed by atoms with Crippen LogP contribution in [-0.4, -0.2) is 32.4 Å². The lowest BCUT2D eigenvalue weighted by molar-refractivity contribution is -0.137. The molecule has 3 rings (SSSR count). The Hall–Kier alpha value is -1.97. The third kappa shape index (κ3) is 5.09. The van der Waals surface area contributed by atoms with Crippen LogP contribution in [0.5, 0.6) is 0 Å². The topological polar surface area (TPSA) is 49.4 Å². The number of alkyl halides is 3. The number of rotatable bonds is 5. The van der Waals surface area contributed by atoms with Gasteiger partial charge in [0.05, 0.1) is 5.56 Å². The predicted octanol–water partition coefficient (Wildman–Crippen LogP) is 3.79. The van der Waals surface area contributed by atoms with E-state index in [0.29, 0.717) is 38.0 Å². The SMILES string of the molecule is O=S(=O)(NC1CCN(Cc2cccc(C(F)(F)F)c2)CC1)c1ccccc1F. The Kier molecular flexibility index (Phi) is 6.07. The van der Waals surface area contributed by atoms with E-state index in [9.17, 15) is 26.0 Å². The monoisotopic (exact) mass is 416 g/mol. The molecule has 28 heavy (non-hydrogen) atoms. The van der Waals surface area contributed by atoms with E-state index in [1.54, 1.807) is 6.07 Å². The minimum absolute atomic E-state index is 0.345. The normalized spacial score (nSPS) is 17.0. The highest BCUT2D eigenvalue weighted by Gasteiger charge is 2.31. The van der Waals surface area contributed by atoms with Crippen LogP contribution in [0.15, 0.2) is 53.4 Å². The minimum Gasteiger partial charge on any atom is -0.299 e. The molecule has 0 bridgehead atoms. The lowest BCUT2D eigenvalue weighted by Gasteiger charge is -2.32. The number of hydrogen-bond donors (Lipinski definition) is 1. The molecular weight excluding hydrogens is 396 g/mol. The van der Waals surface area contributed by atoms with Crippen LogP contribution in [0.2, 0.25) is 0 Å². The average Bonchev–Trinajstić information content (AvgIpc) is 2.63. The van der Waals surface area contributed by atoms with Gasteiger partial charge in [0.1, 0.15) is 10.7 Å². The summed E-state index contributed by atoms with van der Waals surface area (Å²) < 4.78 is 79.4. The largest absolute Gasteiger partial charge is 0.416 e. The molecule has 9 heteroatoms. The van der Waals surface area contributed by atoms with Gasteiger partial charge in [-0.1, -0.05) is 30.3 Å². The Labute approximate surface area is 161 Å². The molecule has 0 amide bonds. The van der Waals surface area contributed by atoms with Crippen LogP contribution in [0.4, 0.5) is 17.6 Å². The molecule has 4 nitrogen and oxygen atoms in total. The summed E-state index contributed by atoms with van der Waals surface area (Å²) in [6.45, 7) is 1.41. The van der Waals surface area contributed by atoms with Crippen LogP contribution in [0.1, 0.15) is 24.0 Å². The van der Waals surface area contributed by atoms with Gasteiger partial charge in [0.15, 0.2) is 0 Å². The zero-order valence-electron chi connectivity index (χ0n) is 14.9. The Bertz CT molecular complexity index is 924. The second-order valence-electron chi connectivity index (χ2n) is 6.80. The zero-order chi connectivity index (χ0) is 20.4. The van der Waals surface area contributed by atoms with E-state index in [2.05, 4.69) is 4.72 Å². The predicted molar refractivity (Wildman–Crippen MR) is 96.5 cm³/mol. The van der Waals surface area contributed by atoms with E-state index in [4.69, 9.17) is 0 Å². The summed E-state index contributed by atoms with van der Waals surface area (Å²) in [6, 6.07) is 10.0. The first-order valence-corrected chi connectivity index (χ1v) is 10.3. The van der Waals surface area contributed by atoms with Crippen LogP contribution >= 0.6 is 0 Å². The molecule has 2 aromatic carbocycles. The second-order valence-corrected chi connectivity index (χ2v) is 8.48. The maximum atomic E-state index is 13.8. The summed E-state index contributed by atoms with van der Waals surface area (Å²) in [7, 11) is -3.96. The Morgan fingerprint density at radius 2 is 1.71 bits per heavy atom. The maximum Gasteiger partial charge on any atom is 0.416 e. The van der Waals surface area contributed by atoms with Crippen molar-refractivity contribution in [3.63, 3.8) is 0 Å². The van der Waals surface area contributed by atoms with Crippen molar-refractivity contribution < 1.29 is 26.0 Å². The Balaban J connectivity index is 1.57. The summed E-state index contributed by atoms with van der Waals surface area (Å²) in [4.78, 5) is 1.59. The number of nitrogens with zero attached hydrogens (tertiary/aromatic N) is 1. The highest BCUT2D eigenvalue weighted by atomic mass is 32.2. The van der Waals surface area contributed by atoms with Gasteiger partial charge < -0.3 is 0 Å². The van der Waals surface area contributed by atoms with Gasteiger partial charge in [-0.3, -0.25) is 4.90 Å². The van der Waals surface area contributed by atoms with Gasteiger partial charge in [-0.15, -0.1) is 0 Å². The van der Waals surface area contributed by atoms with Crippen molar-refractivity contribution in [2.45, 2.75) is 36.5 Å². The van der Waals surface area contributed by atoms with E-state index < -0.39 is 27.6 Å². The number of benzene rings is 2. The molecule has 0 aromatic heterocycles. The Morgan fingerprint density at radius 3 is 2.36 bits per heavy atom. The number of halogens is 4. The number of sulfonamides is 1. The minimum atomic E-state index is -4.38.